The number of aromatic carboxylic acids is 1. The van der Waals surface area contributed by atoms with Crippen LogP contribution in [0.1, 0.15) is 36.2 Å². The molecule has 3 unspecified atom stereocenters. The van der Waals surface area contributed by atoms with Gasteiger partial charge in [-0.05, 0) is 31.0 Å². The highest BCUT2D eigenvalue weighted by molar-refractivity contribution is 5.89. The number of anilines is 1. The zero-order valence-electron chi connectivity index (χ0n) is 12.1. The smallest absolute Gasteiger partial charge is 0.335 e. The molecule has 1 aromatic carbocycles. The van der Waals surface area contributed by atoms with Crippen molar-refractivity contribution in [3.05, 3.63) is 29.3 Å². The molecule has 0 radical (unpaired) electrons. The third-order valence-electron chi connectivity index (χ3n) is 4.90. The number of hydrogen-bond acceptors (Lipinski definition) is 3. The van der Waals surface area contributed by atoms with E-state index in [0.29, 0.717) is 23.6 Å². The molecule has 0 bridgehead atoms. The fraction of sp³-hybridized carbons (Fsp3) is 0.562. The van der Waals surface area contributed by atoms with Gasteiger partial charge >= 0.3 is 5.97 Å². The van der Waals surface area contributed by atoms with Gasteiger partial charge in [0.25, 0.3) is 0 Å². The molecular formula is C16H21NO3. The highest BCUT2D eigenvalue weighted by Crippen LogP contribution is 2.53. The largest absolute Gasteiger partial charge is 0.478 e. The van der Waals surface area contributed by atoms with Crippen LogP contribution in [0, 0.1) is 18.3 Å². The Balaban J connectivity index is 1.84. The monoisotopic (exact) mass is 275 g/mol. The number of rotatable bonds is 3. The topological polar surface area (TPSA) is 58.6 Å². The van der Waals surface area contributed by atoms with E-state index in [9.17, 15) is 4.79 Å². The van der Waals surface area contributed by atoms with E-state index in [0.717, 1.165) is 24.3 Å². The summed E-state index contributed by atoms with van der Waals surface area (Å²) < 4.78 is 5.79. The number of nitrogens with one attached hydrogen (secondary N) is 1. The maximum atomic E-state index is 11.1. The molecule has 4 nitrogen and oxygen atoms in total. The molecule has 1 saturated carbocycles. The number of carbonyl (C=O) groups is 1. The van der Waals surface area contributed by atoms with Gasteiger partial charge in [-0.15, -0.1) is 0 Å². The van der Waals surface area contributed by atoms with Crippen molar-refractivity contribution in [2.24, 2.45) is 11.3 Å². The van der Waals surface area contributed by atoms with E-state index in [2.05, 4.69) is 19.2 Å². The molecule has 1 heterocycles. The van der Waals surface area contributed by atoms with Gasteiger partial charge in [-0.3, -0.25) is 0 Å². The lowest BCUT2D eigenvalue weighted by Crippen LogP contribution is -2.63. The van der Waals surface area contributed by atoms with Crippen molar-refractivity contribution < 1.29 is 14.6 Å². The fourth-order valence-electron chi connectivity index (χ4n) is 3.70. The van der Waals surface area contributed by atoms with Crippen LogP contribution in [0.4, 0.5) is 5.69 Å². The predicted octanol–water partition coefficient (Wildman–Crippen LogP) is 2.92. The summed E-state index contributed by atoms with van der Waals surface area (Å²) in [6.45, 7) is 7.27. The Morgan fingerprint density at radius 1 is 1.45 bits per heavy atom. The lowest BCUT2D eigenvalue weighted by molar-refractivity contribution is -0.0923. The molecule has 3 atom stereocenters. The molecule has 20 heavy (non-hydrogen) atoms. The summed E-state index contributed by atoms with van der Waals surface area (Å²) >= 11 is 0. The van der Waals surface area contributed by atoms with Crippen LogP contribution in [-0.4, -0.2) is 29.8 Å². The molecule has 1 aromatic rings. The molecule has 4 heteroatoms. The van der Waals surface area contributed by atoms with Gasteiger partial charge in [0, 0.05) is 29.7 Å². The van der Waals surface area contributed by atoms with E-state index in [-0.39, 0.29) is 5.41 Å². The van der Waals surface area contributed by atoms with Gasteiger partial charge in [-0.1, -0.05) is 19.9 Å². The standard InChI is InChI=1S/C16H21NO3/c1-9-4-5-10(15(18)19)8-12(9)17-13-11-6-7-20-14(11)16(13,2)3/h4-5,8,11,13-14,17H,6-7H2,1-3H3,(H,18,19). The average molecular weight is 275 g/mol. The third kappa shape index (κ3) is 1.90. The van der Waals surface area contributed by atoms with Gasteiger partial charge in [0.2, 0.25) is 0 Å². The van der Waals surface area contributed by atoms with Gasteiger partial charge in [0.1, 0.15) is 0 Å². The van der Waals surface area contributed by atoms with Gasteiger partial charge < -0.3 is 15.2 Å². The van der Waals surface area contributed by atoms with E-state index >= 15 is 0 Å². The minimum Gasteiger partial charge on any atom is -0.478 e. The first kappa shape index (κ1) is 13.4. The van der Waals surface area contributed by atoms with Crippen molar-refractivity contribution in [3.8, 4) is 0 Å². The minimum atomic E-state index is -0.886. The number of hydrogen-bond donors (Lipinski definition) is 2. The summed E-state index contributed by atoms with van der Waals surface area (Å²) in [7, 11) is 0. The molecule has 2 N–H and O–H groups in total. The third-order valence-corrected chi connectivity index (χ3v) is 4.90. The molecule has 1 aliphatic carbocycles. The van der Waals surface area contributed by atoms with E-state index in [1.165, 1.54) is 0 Å². The highest BCUT2D eigenvalue weighted by Gasteiger charge is 2.59. The maximum Gasteiger partial charge on any atom is 0.335 e. The van der Waals surface area contributed by atoms with Crippen LogP contribution < -0.4 is 5.32 Å². The summed E-state index contributed by atoms with van der Waals surface area (Å²) in [4.78, 5) is 11.1. The summed E-state index contributed by atoms with van der Waals surface area (Å²) in [6.07, 6.45) is 1.42. The van der Waals surface area contributed by atoms with Crippen LogP contribution in [0.3, 0.4) is 0 Å². The van der Waals surface area contributed by atoms with Crippen LogP contribution in [-0.2, 0) is 4.74 Å². The van der Waals surface area contributed by atoms with E-state index in [1.807, 2.05) is 13.0 Å². The quantitative estimate of drug-likeness (QED) is 0.890. The van der Waals surface area contributed by atoms with Crippen molar-refractivity contribution in [2.75, 3.05) is 11.9 Å². The zero-order chi connectivity index (χ0) is 14.5. The van der Waals surface area contributed by atoms with E-state index in [1.54, 1.807) is 12.1 Å². The van der Waals surface area contributed by atoms with E-state index in [4.69, 9.17) is 9.84 Å². The first-order valence-corrected chi connectivity index (χ1v) is 7.13. The van der Waals surface area contributed by atoms with Gasteiger partial charge in [-0.2, -0.15) is 0 Å². The lowest BCUT2D eigenvalue weighted by Gasteiger charge is -2.55. The molecule has 2 aliphatic rings. The van der Waals surface area contributed by atoms with Crippen molar-refractivity contribution in [1.82, 2.24) is 0 Å². The Bertz CT molecular complexity index is 553. The van der Waals surface area contributed by atoms with Crippen LogP contribution in [0.2, 0.25) is 0 Å². The number of ether oxygens (including phenoxy) is 1. The summed E-state index contributed by atoms with van der Waals surface area (Å²) in [6, 6.07) is 5.59. The van der Waals surface area contributed by atoms with Crippen LogP contribution in [0.25, 0.3) is 0 Å². The Kier molecular flexibility index (Phi) is 3.01. The number of fused-ring (bicyclic) bond motifs is 1. The average Bonchev–Trinajstić information content (AvgIpc) is 2.84. The van der Waals surface area contributed by atoms with Gasteiger partial charge in [0.05, 0.1) is 11.7 Å². The Morgan fingerprint density at radius 2 is 2.20 bits per heavy atom. The SMILES string of the molecule is Cc1ccc(C(=O)O)cc1NC1C2CCOC2C1(C)C. The fourth-order valence-corrected chi connectivity index (χ4v) is 3.70. The number of carboxylic acids is 1. The van der Waals surface area contributed by atoms with Crippen LogP contribution in [0.15, 0.2) is 18.2 Å². The molecule has 1 aliphatic heterocycles. The molecule has 0 amide bonds. The molecule has 0 spiro atoms. The second-order valence-corrected chi connectivity index (χ2v) is 6.52. The van der Waals surface area contributed by atoms with Crippen molar-refractivity contribution in [2.45, 2.75) is 39.3 Å². The first-order chi connectivity index (χ1) is 9.41. The van der Waals surface area contributed by atoms with Gasteiger partial charge in [-0.25, -0.2) is 4.79 Å². The predicted molar refractivity (Wildman–Crippen MR) is 77.2 cm³/mol. The molecular weight excluding hydrogens is 254 g/mol. The summed E-state index contributed by atoms with van der Waals surface area (Å²) in [5.74, 6) is -0.346. The van der Waals surface area contributed by atoms with Crippen LogP contribution in [0.5, 0.6) is 0 Å². The van der Waals surface area contributed by atoms with Crippen LogP contribution >= 0.6 is 0 Å². The van der Waals surface area contributed by atoms with Crippen molar-refractivity contribution >= 4 is 11.7 Å². The first-order valence-electron chi connectivity index (χ1n) is 7.13. The van der Waals surface area contributed by atoms with Crippen molar-refractivity contribution in [3.63, 3.8) is 0 Å². The zero-order valence-corrected chi connectivity index (χ0v) is 12.1. The second-order valence-electron chi connectivity index (χ2n) is 6.52. The second kappa shape index (κ2) is 4.48. The molecule has 1 saturated heterocycles. The highest BCUT2D eigenvalue weighted by atomic mass is 16.5. The molecule has 2 fully saturated rings. The maximum absolute atomic E-state index is 11.1. The molecule has 3 rings (SSSR count). The number of carboxylic acid groups (broad SMARTS) is 1. The summed E-state index contributed by atoms with van der Waals surface area (Å²) in [5.41, 5.74) is 2.42. The van der Waals surface area contributed by atoms with E-state index < -0.39 is 5.97 Å². The van der Waals surface area contributed by atoms with Crippen molar-refractivity contribution in [1.29, 1.82) is 0 Å². The Morgan fingerprint density at radius 3 is 2.90 bits per heavy atom. The lowest BCUT2D eigenvalue weighted by atomic mass is 9.57. The summed E-state index contributed by atoms with van der Waals surface area (Å²) in [5, 5.41) is 12.7. The molecule has 0 aromatic heterocycles. The minimum absolute atomic E-state index is 0.0901. The number of aryl methyl sites for hydroxylation is 1. The van der Waals surface area contributed by atoms with Gasteiger partial charge in [0.15, 0.2) is 0 Å². The number of benzene rings is 1. The molecule has 108 valence electrons. The Hall–Kier alpha value is -1.55. The normalized spacial score (nSPS) is 30.4. The Labute approximate surface area is 119 Å².